The van der Waals surface area contributed by atoms with Crippen molar-refractivity contribution < 1.29 is 9.53 Å². The average Bonchev–Trinajstić information content (AvgIpc) is 2.44. The molecule has 0 spiro atoms. The van der Waals surface area contributed by atoms with Crippen LogP contribution < -0.4 is 4.90 Å². The number of carbonyl (C=O) groups is 1. The molecule has 2 rings (SSSR count). The number of nitrogens with zero attached hydrogens (tertiary/aromatic N) is 3. The second-order valence-electron chi connectivity index (χ2n) is 7.52. The Labute approximate surface area is 138 Å². The number of nitriles is 1. The zero-order valence-electron chi connectivity index (χ0n) is 14.6. The smallest absolute Gasteiger partial charge is 0.410 e. The summed E-state index contributed by atoms with van der Waals surface area (Å²) in [6.45, 7) is 11.8. The maximum atomic E-state index is 12.4. The number of hydrogen-bond donors (Lipinski definition) is 0. The van der Waals surface area contributed by atoms with Gasteiger partial charge in [0, 0.05) is 25.3 Å². The molecule has 1 saturated heterocycles. The number of hydrogen-bond acceptors (Lipinski definition) is 4. The summed E-state index contributed by atoms with van der Waals surface area (Å²) in [5.74, 6) is 0. The standard InChI is InChI=1S/C18H25N3O2/c1-17(2,3)23-16(22)21-11-10-20(13-18(21,4)5)15-8-6-14(12-19)7-9-15/h6-9H,10-11,13H2,1-5H3. The van der Waals surface area contributed by atoms with E-state index in [0.29, 0.717) is 12.1 Å². The second kappa shape index (κ2) is 6.11. The van der Waals surface area contributed by atoms with E-state index in [1.165, 1.54) is 0 Å². The quantitative estimate of drug-likeness (QED) is 0.797. The SMILES string of the molecule is CC(C)(C)OC(=O)N1CCN(c2ccc(C#N)cc2)CC1(C)C. The first-order chi connectivity index (χ1) is 10.6. The third kappa shape index (κ3) is 4.16. The van der Waals surface area contributed by atoms with Gasteiger partial charge in [-0.3, -0.25) is 4.90 Å². The fourth-order valence-corrected chi connectivity index (χ4v) is 2.78. The molecular formula is C18H25N3O2. The second-order valence-corrected chi connectivity index (χ2v) is 7.52. The summed E-state index contributed by atoms with van der Waals surface area (Å²) in [5, 5.41) is 8.89. The first-order valence-electron chi connectivity index (χ1n) is 7.88. The Balaban J connectivity index is 2.10. The first-order valence-corrected chi connectivity index (χ1v) is 7.88. The molecule has 124 valence electrons. The van der Waals surface area contributed by atoms with Crippen LogP contribution in [0.3, 0.4) is 0 Å². The van der Waals surface area contributed by atoms with Gasteiger partial charge in [-0.1, -0.05) is 0 Å². The number of ether oxygens (including phenoxy) is 1. The molecule has 1 amide bonds. The van der Waals surface area contributed by atoms with E-state index in [9.17, 15) is 4.79 Å². The summed E-state index contributed by atoms with van der Waals surface area (Å²) in [4.78, 5) is 16.4. The fourth-order valence-electron chi connectivity index (χ4n) is 2.78. The molecule has 0 bridgehead atoms. The molecule has 5 nitrogen and oxygen atoms in total. The molecule has 0 atom stereocenters. The molecule has 1 aliphatic rings. The maximum absolute atomic E-state index is 12.4. The van der Waals surface area contributed by atoms with Gasteiger partial charge in [-0.15, -0.1) is 0 Å². The van der Waals surface area contributed by atoms with Crippen molar-refractivity contribution in [3.63, 3.8) is 0 Å². The van der Waals surface area contributed by atoms with Crippen LogP contribution in [0.25, 0.3) is 0 Å². The van der Waals surface area contributed by atoms with Gasteiger partial charge >= 0.3 is 6.09 Å². The molecule has 1 fully saturated rings. The molecule has 0 saturated carbocycles. The van der Waals surface area contributed by atoms with Gasteiger partial charge < -0.3 is 9.64 Å². The summed E-state index contributed by atoms with van der Waals surface area (Å²) < 4.78 is 5.52. The Morgan fingerprint density at radius 3 is 2.30 bits per heavy atom. The van der Waals surface area contributed by atoms with Crippen molar-refractivity contribution in [3.8, 4) is 6.07 Å². The third-order valence-corrected chi connectivity index (χ3v) is 3.88. The van der Waals surface area contributed by atoms with Gasteiger partial charge in [-0.2, -0.15) is 5.26 Å². The van der Waals surface area contributed by atoms with Crippen LogP contribution in [-0.4, -0.2) is 41.8 Å². The lowest BCUT2D eigenvalue weighted by molar-refractivity contribution is 0.000380. The molecule has 1 aliphatic heterocycles. The highest BCUT2D eigenvalue weighted by Crippen LogP contribution is 2.27. The van der Waals surface area contributed by atoms with Crippen LogP contribution in [-0.2, 0) is 4.74 Å². The monoisotopic (exact) mass is 315 g/mol. The number of piperazine rings is 1. The molecule has 1 aromatic carbocycles. The number of amides is 1. The molecule has 0 N–H and O–H groups in total. The fraction of sp³-hybridized carbons (Fsp3) is 0.556. The number of anilines is 1. The number of rotatable bonds is 1. The normalized spacial score (nSPS) is 17.6. The van der Waals surface area contributed by atoms with Crippen molar-refractivity contribution in [2.24, 2.45) is 0 Å². The summed E-state index contributed by atoms with van der Waals surface area (Å²) in [6.07, 6.45) is -0.262. The van der Waals surface area contributed by atoms with Gasteiger partial charge in [-0.25, -0.2) is 4.79 Å². The van der Waals surface area contributed by atoms with E-state index < -0.39 is 5.60 Å². The van der Waals surface area contributed by atoms with Crippen LogP contribution in [0.4, 0.5) is 10.5 Å². The largest absolute Gasteiger partial charge is 0.444 e. The minimum Gasteiger partial charge on any atom is -0.444 e. The Morgan fingerprint density at radius 2 is 1.83 bits per heavy atom. The van der Waals surface area contributed by atoms with Crippen molar-refractivity contribution in [3.05, 3.63) is 29.8 Å². The average molecular weight is 315 g/mol. The minimum absolute atomic E-state index is 0.262. The Kier molecular flexibility index (Phi) is 4.56. The van der Waals surface area contributed by atoms with E-state index in [1.807, 2.05) is 58.9 Å². The van der Waals surface area contributed by atoms with E-state index in [0.717, 1.165) is 18.8 Å². The lowest BCUT2D eigenvalue weighted by Crippen LogP contribution is -2.61. The van der Waals surface area contributed by atoms with Gasteiger partial charge in [-0.05, 0) is 58.9 Å². The van der Waals surface area contributed by atoms with Crippen LogP contribution in [0.15, 0.2) is 24.3 Å². The number of carbonyl (C=O) groups excluding carboxylic acids is 1. The molecule has 0 aliphatic carbocycles. The molecular weight excluding hydrogens is 290 g/mol. The zero-order chi connectivity index (χ0) is 17.3. The lowest BCUT2D eigenvalue weighted by atomic mass is 9.98. The summed E-state index contributed by atoms with van der Waals surface area (Å²) in [7, 11) is 0. The van der Waals surface area contributed by atoms with E-state index in [1.54, 1.807) is 4.90 Å². The highest BCUT2D eigenvalue weighted by Gasteiger charge is 2.38. The minimum atomic E-state index is -0.489. The van der Waals surface area contributed by atoms with Crippen molar-refractivity contribution in [1.29, 1.82) is 5.26 Å². The van der Waals surface area contributed by atoms with Crippen LogP contribution in [0, 0.1) is 11.3 Å². The predicted octanol–water partition coefficient (Wildman–Crippen LogP) is 3.39. The van der Waals surface area contributed by atoms with Crippen LogP contribution >= 0.6 is 0 Å². The first kappa shape index (κ1) is 17.1. The van der Waals surface area contributed by atoms with Crippen molar-refractivity contribution in [2.45, 2.75) is 45.8 Å². The Hall–Kier alpha value is -2.22. The third-order valence-electron chi connectivity index (χ3n) is 3.88. The highest BCUT2D eigenvalue weighted by molar-refractivity contribution is 5.70. The maximum Gasteiger partial charge on any atom is 0.410 e. The van der Waals surface area contributed by atoms with Crippen molar-refractivity contribution in [2.75, 3.05) is 24.5 Å². The van der Waals surface area contributed by atoms with Gasteiger partial charge in [0.25, 0.3) is 0 Å². The summed E-state index contributed by atoms with van der Waals surface area (Å²) in [5.41, 5.74) is 0.910. The molecule has 0 unspecified atom stereocenters. The van der Waals surface area contributed by atoms with E-state index in [4.69, 9.17) is 10.00 Å². The van der Waals surface area contributed by atoms with Crippen molar-refractivity contribution >= 4 is 11.8 Å². The molecule has 1 heterocycles. The van der Waals surface area contributed by atoms with Crippen LogP contribution in [0.5, 0.6) is 0 Å². The zero-order valence-corrected chi connectivity index (χ0v) is 14.6. The van der Waals surface area contributed by atoms with Crippen LogP contribution in [0.2, 0.25) is 0 Å². The topological polar surface area (TPSA) is 56.6 Å². The predicted molar refractivity (Wildman–Crippen MR) is 90.4 cm³/mol. The highest BCUT2D eigenvalue weighted by atomic mass is 16.6. The Bertz CT molecular complexity index is 609. The number of benzene rings is 1. The summed E-state index contributed by atoms with van der Waals surface area (Å²) in [6, 6.07) is 9.69. The van der Waals surface area contributed by atoms with E-state index in [2.05, 4.69) is 11.0 Å². The van der Waals surface area contributed by atoms with E-state index >= 15 is 0 Å². The lowest BCUT2D eigenvalue weighted by Gasteiger charge is -2.47. The molecule has 1 aromatic rings. The Morgan fingerprint density at radius 1 is 1.22 bits per heavy atom. The van der Waals surface area contributed by atoms with Gasteiger partial charge in [0.15, 0.2) is 0 Å². The van der Waals surface area contributed by atoms with Gasteiger partial charge in [0.05, 0.1) is 17.2 Å². The van der Waals surface area contributed by atoms with Crippen LogP contribution in [0.1, 0.15) is 40.2 Å². The van der Waals surface area contributed by atoms with Gasteiger partial charge in [0.1, 0.15) is 5.60 Å². The molecule has 23 heavy (non-hydrogen) atoms. The van der Waals surface area contributed by atoms with Gasteiger partial charge in [0.2, 0.25) is 0 Å². The van der Waals surface area contributed by atoms with E-state index in [-0.39, 0.29) is 11.6 Å². The summed E-state index contributed by atoms with van der Waals surface area (Å²) >= 11 is 0. The molecule has 5 heteroatoms. The van der Waals surface area contributed by atoms with Crippen molar-refractivity contribution in [1.82, 2.24) is 4.90 Å². The molecule has 0 radical (unpaired) electrons. The molecule has 0 aromatic heterocycles.